The summed E-state index contributed by atoms with van der Waals surface area (Å²) in [5.74, 6) is -2.56. The van der Waals surface area contributed by atoms with Gasteiger partial charge < -0.3 is 10.2 Å². The van der Waals surface area contributed by atoms with Gasteiger partial charge in [0.05, 0.1) is 6.20 Å². The number of hydrogen-bond donors (Lipinski definition) is 2. The van der Waals surface area contributed by atoms with Crippen LogP contribution in [0.2, 0.25) is 0 Å². The fourth-order valence-corrected chi connectivity index (χ4v) is 2.67. The monoisotopic (exact) mass is 332 g/mol. The maximum absolute atomic E-state index is 12.6. The highest BCUT2D eigenvalue weighted by atomic mass is 19.4. The number of alkyl halides is 3. The van der Waals surface area contributed by atoms with E-state index >= 15 is 0 Å². The number of nitrogens with one attached hydrogen (secondary N) is 2. The molecule has 0 spiro atoms. The van der Waals surface area contributed by atoms with Crippen LogP contribution in [0.25, 0.3) is 0 Å². The third-order valence-corrected chi connectivity index (χ3v) is 3.76. The molecule has 23 heavy (non-hydrogen) atoms. The first-order valence-corrected chi connectivity index (χ1v) is 7.20. The van der Waals surface area contributed by atoms with Crippen LogP contribution in [-0.4, -0.2) is 45.2 Å². The number of amides is 2. The van der Waals surface area contributed by atoms with E-state index in [0.29, 0.717) is 13.0 Å². The second-order valence-corrected chi connectivity index (χ2v) is 6.45. The topological polar surface area (TPSA) is 78.1 Å². The number of halogens is 3. The van der Waals surface area contributed by atoms with Gasteiger partial charge in [0.15, 0.2) is 0 Å². The zero-order valence-electron chi connectivity index (χ0n) is 13.1. The average molecular weight is 332 g/mol. The van der Waals surface area contributed by atoms with Crippen molar-refractivity contribution in [1.29, 1.82) is 0 Å². The van der Waals surface area contributed by atoms with Crippen LogP contribution in [0.1, 0.15) is 32.0 Å². The SMILES string of the molecule is CC1Cc2[nH]ncc2CN(C(=O)C(C)(C)NC(=O)C(F)(F)F)C1. The summed E-state index contributed by atoms with van der Waals surface area (Å²) in [6.07, 6.45) is -2.72. The highest BCUT2D eigenvalue weighted by molar-refractivity contribution is 5.92. The Bertz CT molecular complexity index is 609. The molecule has 0 saturated carbocycles. The van der Waals surface area contributed by atoms with Gasteiger partial charge in [0, 0.05) is 24.3 Å². The quantitative estimate of drug-likeness (QED) is 0.859. The van der Waals surface area contributed by atoms with Crippen molar-refractivity contribution in [2.45, 2.75) is 45.5 Å². The van der Waals surface area contributed by atoms with Crippen LogP contribution in [0, 0.1) is 5.92 Å². The summed E-state index contributed by atoms with van der Waals surface area (Å²) >= 11 is 0. The summed E-state index contributed by atoms with van der Waals surface area (Å²) in [7, 11) is 0. The predicted molar refractivity (Wildman–Crippen MR) is 75.1 cm³/mol. The van der Waals surface area contributed by atoms with Crippen molar-refractivity contribution < 1.29 is 22.8 Å². The minimum absolute atomic E-state index is 0.120. The van der Waals surface area contributed by atoms with Gasteiger partial charge >= 0.3 is 12.1 Å². The number of hydrogen-bond acceptors (Lipinski definition) is 3. The Morgan fingerprint density at radius 1 is 1.39 bits per heavy atom. The minimum atomic E-state index is -5.03. The van der Waals surface area contributed by atoms with E-state index in [9.17, 15) is 22.8 Å². The number of rotatable bonds is 2. The first kappa shape index (κ1) is 17.3. The molecular weight excluding hydrogens is 313 g/mol. The van der Waals surface area contributed by atoms with E-state index in [0.717, 1.165) is 11.3 Å². The number of aromatic amines is 1. The Kier molecular flexibility index (Phi) is 4.41. The Hall–Kier alpha value is -2.06. The normalized spacial score (nSPS) is 19.0. The summed E-state index contributed by atoms with van der Waals surface area (Å²) in [5, 5.41) is 8.57. The third-order valence-electron chi connectivity index (χ3n) is 3.76. The lowest BCUT2D eigenvalue weighted by atomic mass is 10.0. The van der Waals surface area contributed by atoms with Crippen LogP contribution in [0.4, 0.5) is 13.2 Å². The molecule has 1 aromatic heterocycles. The van der Waals surface area contributed by atoms with Gasteiger partial charge in [0.1, 0.15) is 5.54 Å². The van der Waals surface area contributed by atoms with Crippen LogP contribution < -0.4 is 5.32 Å². The average Bonchev–Trinajstić information content (AvgIpc) is 2.76. The number of carbonyl (C=O) groups excluding carboxylic acids is 2. The number of aromatic nitrogens is 2. The van der Waals surface area contributed by atoms with E-state index in [4.69, 9.17) is 0 Å². The molecule has 1 atom stereocenters. The summed E-state index contributed by atoms with van der Waals surface area (Å²) in [5.41, 5.74) is 0.103. The molecule has 1 unspecified atom stereocenters. The van der Waals surface area contributed by atoms with E-state index in [1.165, 1.54) is 18.7 Å². The molecule has 2 amide bonds. The Morgan fingerprint density at radius 3 is 2.65 bits per heavy atom. The zero-order valence-corrected chi connectivity index (χ0v) is 13.1. The lowest BCUT2D eigenvalue weighted by Gasteiger charge is -2.33. The molecule has 9 heteroatoms. The Balaban J connectivity index is 2.16. The van der Waals surface area contributed by atoms with E-state index in [-0.39, 0.29) is 12.5 Å². The van der Waals surface area contributed by atoms with Crippen LogP contribution in [0.3, 0.4) is 0 Å². The molecule has 6 nitrogen and oxygen atoms in total. The van der Waals surface area contributed by atoms with Crippen molar-refractivity contribution in [1.82, 2.24) is 20.4 Å². The number of fused-ring (bicyclic) bond motifs is 1. The smallest absolute Gasteiger partial charge is 0.336 e. The molecule has 2 N–H and O–H groups in total. The van der Waals surface area contributed by atoms with Gasteiger partial charge in [-0.15, -0.1) is 0 Å². The summed E-state index contributed by atoms with van der Waals surface area (Å²) in [6.45, 7) is 5.13. The zero-order chi connectivity index (χ0) is 17.4. The Labute approximate surface area is 131 Å². The molecule has 1 aliphatic heterocycles. The van der Waals surface area contributed by atoms with Gasteiger partial charge in [0.2, 0.25) is 5.91 Å². The van der Waals surface area contributed by atoms with Crippen molar-refractivity contribution in [3.8, 4) is 0 Å². The number of carbonyl (C=O) groups is 2. The van der Waals surface area contributed by atoms with Gasteiger partial charge in [-0.05, 0) is 26.2 Å². The molecule has 1 aromatic rings. The summed E-state index contributed by atoms with van der Waals surface area (Å²) < 4.78 is 37.3. The second kappa shape index (κ2) is 5.86. The summed E-state index contributed by atoms with van der Waals surface area (Å²) in [6, 6.07) is 0. The van der Waals surface area contributed by atoms with Gasteiger partial charge in [0.25, 0.3) is 0 Å². The predicted octanol–water partition coefficient (Wildman–Crippen LogP) is 1.39. The molecular formula is C14H19F3N4O2. The first-order valence-electron chi connectivity index (χ1n) is 7.20. The van der Waals surface area contributed by atoms with E-state index in [2.05, 4.69) is 10.2 Å². The number of nitrogens with zero attached hydrogens (tertiary/aromatic N) is 2. The molecule has 128 valence electrons. The largest absolute Gasteiger partial charge is 0.471 e. The summed E-state index contributed by atoms with van der Waals surface area (Å²) in [4.78, 5) is 25.2. The van der Waals surface area contributed by atoms with Crippen LogP contribution in [-0.2, 0) is 22.6 Å². The lowest BCUT2D eigenvalue weighted by molar-refractivity contribution is -0.176. The van der Waals surface area contributed by atoms with Crippen molar-refractivity contribution in [2.75, 3.05) is 6.54 Å². The molecule has 0 aliphatic carbocycles. The molecule has 2 rings (SSSR count). The highest BCUT2D eigenvalue weighted by Gasteiger charge is 2.44. The molecule has 1 aliphatic rings. The van der Waals surface area contributed by atoms with Gasteiger partial charge in [-0.25, -0.2) is 0 Å². The van der Waals surface area contributed by atoms with Crippen molar-refractivity contribution >= 4 is 11.8 Å². The highest BCUT2D eigenvalue weighted by Crippen LogP contribution is 2.23. The molecule has 2 heterocycles. The Morgan fingerprint density at radius 2 is 2.04 bits per heavy atom. The van der Waals surface area contributed by atoms with Crippen LogP contribution in [0.5, 0.6) is 0 Å². The van der Waals surface area contributed by atoms with Crippen molar-refractivity contribution in [2.24, 2.45) is 5.92 Å². The van der Waals surface area contributed by atoms with Crippen molar-refractivity contribution in [3.05, 3.63) is 17.5 Å². The molecule has 0 saturated heterocycles. The van der Waals surface area contributed by atoms with Gasteiger partial charge in [-0.3, -0.25) is 14.7 Å². The fraction of sp³-hybridized carbons (Fsp3) is 0.643. The van der Waals surface area contributed by atoms with Crippen LogP contribution >= 0.6 is 0 Å². The van der Waals surface area contributed by atoms with Gasteiger partial charge in [-0.2, -0.15) is 18.3 Å². The lowest BCUT2D eigenvalue weighted by Crippen LogP contribution is -2.58. The maximum atomic E-state index is 12.6. The maximum Gasteiger partial charge on any atom is 0.471 e. The molecule has 0 fully saturated rings. The standard InChI is InChI=1S/C14H19F3N4O2/c1-8-4-10-9(5-18-20-10)7-21(6-8)12(23)13(2,3)19-11(22)14(15,16)17/h5,8H,4,6-7H2,1-3H3,(H,18,20)(H,19,22). The fourth-order valence-electron chi connectivity index (χ4n) is 2.67. The van der Waals surface area contributed by atoms with E-state index < -0.39 is 23.5 Å². The van der Waals surface area contributed by atoms with Crippen molar-refractivity contribution in [3.63, 3.8) is 0 Å². The van der Waals surface area contributed by atoms with E-state index in [1.54, 1.807) is 11.5 Å². The van der Waals surface area contributed by atoms with E-state index in [1.807, 2.05) is 6.92 Å². The number of H-pyrrole nitrogens is 1. The minimum Gasteiger partial charge on any atom is -0.336 e. The van der Waals surface area contributed by atoms with Gasteiger partial charge in [-0.1, -0.05) is 6.92 Å². The molecule has 0 aromatic carbocycles. The molecule has 0 radical (unpaired) electrons. The molecule has 0 bridgehead atoms. The van der Waals surface area contributed by atoms with Crippen LogP contribution in [0.15, 0.2) is 6.20 Å². The third kappa shape index (κ3) is 3.83. The second-order valence-electron chi connectivity index (χ2n) is 6.45. The first-order chi connectivity index (χ1) is 10.5.